The maximum absolute atomic E-state index is 11.7. The zero-order valence-corrected chi connectivity index (χ0v) is 10.1. The van der Waals surface area contributed by atoms with E-state index in [0.717, 1.165) is 0 Å². The van der Waals surface area contributed by atoms with Crippen LogP contribution in [0, 0.1) is 0 Å². The average Bonchev–Trinajstić information content (AvgIpc) is 2.32. The van der Waals surface area contributed by atoms with Gasteiger partial charge in [-0.3, -0.25) is 0 Å². The second kappa shape index (κ2) is 5.42. The Morgan fingerprint density at radius 3 is 2.56 bits per heavy atom. The van der Waals surface area contributed by atoms with Crippen LogP contribution in [0.15, 0.2) is 48.5 Å². The molecule has 0 aromatic heterocycles. The van der Waals surface area contributed by atoms with E-state index in [1.54, 1.807) is 42.5 Å². The molecule has 0 heterocycles. The van der Waals surface area contributed by atoms with Crippen LogP contribution in [0.3, 0.4) is 0 Å². The minimum absolute atomic E-state index is 0.0127. The zero-order valence-electron chi connectivity index (χ0n) is 9.35. The van der Waals surface area contributed by atoms with Gasteiger partial charge >= 0.3 is 6.03 Å². The summed E-state index contributed by atoms with van der Waals surface area (Å²) in [6, 6.07) is 12.8. The first kappa shape index (κ1) is 12.3. The first-order chi connectivity index (χ1) is 8.65. The Bertz CT molecular complexity index is 572. The normalized spacial score (nSPS) is 9.83. The molecule has 0 radical (unpaired) electrons. The van der Waals surface area contributed by atoms with Crippen molar-refractivity contribution in [1.82, 2.24) is 0 Å². The Morgan fingerprint density at radius 1 is 1.06 bits per heavy atom. The Morgan fingerprint density at radius 2 is 1.83 bits per heavy atom. The molecule has 2 aromatic rings. The lowest BCUT2D eigenvalue weighted by Crippen LogP contribution is -2.19. The van der Waals surface area contributed by atoms with Gasteiger partial charge in [0, 0.05) is 10.7 Å². The molecule has 0 aliphatic carbocycles. The van der Waals surface area contributed by atoms with Crippen molar-refractivity contribution in [3.8, 4) is 5.75 Å². The smallest absolute Gasteiger partial charge is 0.323 e. The van der Waals surface area contributed by atoms with E-state index in [0.29, 0.717) is 16.4 Å². The van der Waals surface area contributed by atoms with Gasteiger partial charge in [0.15, 0.2) is 0 Å². The minimum atomic E-state index is -0.446. The van der Waals surface area contributed by atoms with Gasteiger partial charge in [-0.25, -0.2) is 4.79 Å². The van der Waals surface area contributed by atoms with Gasteiger partial charge in [-0.05, 0) is 30.3 Å². The second-order valence-electron chi connectivity index (χ2n) is 3.61. The number of urea groups is 1. The molecule has 0 spiro atoms. The number of carbonyl (C=O) groups excluding carboxylic acids is 1. The first-order valence-electron chi connectivity index (χ1n) is 5.27. The number of rotatable bonds is 2. The van der Waals surface area contributed by atoms with Crippen LogP contribution in [0.25, 0.3) is 0 Å². The van der Waals surface area contributed by atoms with E-state index in [1.165, 1.54) is 6.07 Å². The standard InChI is InChI=1S/C13H11ClN2O2/c14-9-4-3-5-10(8-9)15-13(18)16-11-6-1-2-7-12(11)17/h1-8,17H,(H2,15,16,18). The monoisotopic (exact) mass is 262 g/mol. The van der Waals surface area contributed by atoms with Crippen LogP contribution >= 0.6 is 11.6 Å². The van der Waals surface area contributed by atoms with Gasteiger partial charge in [-0.1, -0.05) is 29.8 Å². The molecular formula is C13H11ClN2O2. The number of amides is 2. The number of phenolic OH excluding ortho intramolecular Hbond substituents is 1. The van der Waals surface area contributed by atoms with Gasteiger partial charge in [0.2, 0.25) is 0 Å². The van der Waals surface area contributed by atoms with Crippen molar-refractivity contribution in [2.45, 2.75) is 0 Å². The summed E-state index contributed by atoms with van der Waals surface area (Å²) in [5, 5.41) is 15.2. The van der Waals surface area contributed by atoms with Crippen molar-refractivity contribution in [3.63, 3.8) is 0 Å². The van der Waals surface area contributed by atoms with Crippen LogP contribution in [-0.4, -0.2) is 11.1 Å². The summed E-state index contributed by atoms with van der Waals surface area (Å²) in [6.45, 7) is 0. The number of carbonyl (C=O) groups is 1. The zero-order chi connectivity index (χ0) is 13.0. The van der Waals surface area contributed by atoms with Crippen LogP contribution in [0.4, 0.5) is 16.2 Å². The van der Waals surface area contributed by atoms with Crippen LogP contribution in [0.1, 0.15) is 0 Å². The lowest BCUT2D eigenvalue weighted by molar-refractivity contribution is 0.262. The molecule has 0 fully saturated rings. The lowest BCUT2D eigenvalue weighted by atomic mass is 10.3. The van der Waals surface area contributed by atoms with Crippen LogP contribution in [0.2, 0.25) is 5.02 Å². The first-order valence-corrected chi connectivity index (χ1v) is 5.64. The SMILES string of the molecule is O=C(Nc1cccc(Cl)c1)Nc1ccccc1O. The average molecular weight is 263 g/mol. The lowest BCUT2D eigenvalue weighted by Gasteiger charge is -2.08. The maximum Gasteiger partial charge on any atom is 0.323 e. The highest BCUT2D eigenvalue weighted by molar-refractivity contribution is 6.30. The summed E-state index contributed by atoms with van der Waals surface area (Å²) in [5.41, 5.74) is 0.924. The van der Waals surface area contributed by atoms with Crippen molar-refractivity contribution in [2.75, 3.05) is 10.6 Å². The molecule has 0 aliphatic rings. The Kier molecular flexibility index (Phi) is 3.69. The van der Waals surface area contributed by atoms with Gasteiger partial charge in [-0.2, -0.15) is 0 Å². The summed E-state index contributed by atoms with van der Waals surface area (Å²) < 4.78 is 0. The Balaban J connectivity index is 2.03. The third kappa shape index (κ3) is 3.15. The fourth-order valence-corrected chi connectivity index (χ4v) is 1.62. The van der Waals surface area contributed by atoms with Crippen molar-refractivity contribution >= 4 is 29.0 Å². The topological polar surface area (TPSA) is 61.4 Å². The van der Waals surface area contributed by atoms with E-state index in [9.17, 15) is 9.90 Å². The summed E-state index contributed by atoms with van der Waals surface area (Å²) in [6.07, 6.45) is 0. The van der Waals surface area contributed by atoms with Crippen LogP contribution < -0.4 is 10.6 Å². The van der Waals surface area contributed by atoms with E-state index in [4.69, 9.17) is 11.6 Å². The van der Waals surface area contributed by atoms with E-state index in [-0.39, 0.29) is 5.75 Å². The third-order valence-electron chi connectivity index (χ3n) is 2.23. The number of anilines is 2. The number of nitrogens with one attached hydrogen (secondary N) is 2. The van der Waals surface area contributed by atoms with Crippen molar-refractivity contribution in [2.24, 2.45) is 0 Å². The predicted molar refractivity (Wildman–Crippen MR) is 72.2 cm³/mol. The molecular weight excluding hydrogens is 252 g/mol. The van der Waals surface area contributed by atoms with Gasteiger partial charge < -0.3 is 15.7 Å². The van der Waals surface area contributed by atoms with Crippen LogP contribution in [0.5, 0.6) is 5.75 Å². The van der Waals surface area contributed by atoms with Gasteiger partial charge in [0.25, 0.3) is 0 Å². The fourth-order valence-electron chi connectivity index (χ4n) is 1.43. The number of para-hydroxylation sites is 2. The third-order valence-corrected chi connectivity index (χ3v) is 2.47. The molecule has 0 bridgehead atoms. The molecule has 5 heteroatoms. The Labute approximate surface area is 109 Å². The van der Waals surface area contributed by atoms with Gasteiger partial charge in [-0.15, -0.1) is 0 Å². The van der Waals surface area contributed by atoms with Crippen molar-refractivity contribution < 1.29 is 9.90 Å². The van der Waals surface area contributed by atoms with E-state index < -0.39 is 6.03 Å². The largest absolute Gasteiger partial charge is 0.506 e. The number of aromatic hydroxyl groups is 1. The van der Waals surface area contributed by atoms with E-state index >= 15 is 0 Å². The molecule has 0 aliphatic heterocycles. The predicted octanol–water partition coefficient (Wildman–Crippen LogP) is 3.69. The highest BCUT2D eigenvalue weighted by Crippen LogP contribution is 2.22. The molecule has 2 aromatic carbocycles. The van der Waals surface area contributed by atoms with Gasteiger partial charge in [0.1, 0.15) is 5.75 Å². The molecule has 4 nitrogen and oxygen atoms in total. The summed E-state index contributed by atoms with van der Waals surface area (Å²) >= 11 is 5.80. The van der Waals surface area contributed by atoms with E-state index in [1.807, 2.05) is 0 Å². The number of halogens is 1. The molecule has 0 saturated carbocycles. The molecule has 3 N–H and O–H groups in total. The fraction of sp³-hybridized carbons (Fsp3) is 0. The van der Waals surface area contributed by atoms with E-state index in [2.05, 4.69) is 10.6 Å². The molecule has 0 atom stereocenters. The number of hydrogen-bond acceptors (Lipinski definition) is 2. The number of phenols is 1. The van der Waals surface area contributed by atoms with Crippen molar-refractivity contribution in [3.05, 3.63) is 53.6 Å². The van der Waals surface area contributed by atoms with Crippen LogP contribution in [-0.2, 0) is 0 Å². The molecule has 92 valence electrons. The Hall–Kier alpha value is -2.20. The molecule has 18 heavy (non-hydrogen) atoms. The quantitative estimate of drug-likeness (QED) is 0.723. The number of benzene rings is 2. The maximum atomic E-state index is 11.7. The molecule has 2 amide bonds. The van der Waals surface area contributed by atoms with Crippen molar-refractivity contribution in [1.29, 1.82) is 0 Å². The molecule has 2 rings (SSSR count). The second-order valence-corrected chi connectivity index (χ2v) is 4.04. The summed E-state index contributed by atoms with van der Waals surface area (Å²) in [7, 11) is 0. The molecule has 0 saturated heterocycles. The highest BCUT2D eigenvalue weighted by atomic mass is 35.5. The van der Waals surface area contributed by atoms with Gasteiger partial charge in [0.05, 0.1) is 5.69 Å². The number of hydrogen-bond donors (Lipinski definition) is 3. The highest BCUT2D eigenvalue weighted by Gasteiger charge is 2.05. The minimum Gasteiger partial charge on any atom is -0.506 e. The molecule has 0 unspecified atom stereocenters. The summed E-state index contributed by atoms with van der Waals surface area (Å²) in [4.78, 5) is 11.7. The summed E-state index contributed by atoms with van der Waals surface area (Å²) in [5.74, 6) is 0.0127.